The third-order valence-electron chi connectivity index (χ3n) is 6.38. The second-order valence-electron chi connectivity index (χ2n) is 8.92. The van der Waals surface area contributed by atoms with Gasteiger partial charge in [-0.1, -0.05) is 23.7 Å². The van der Waals surface area contributed by atoms with Crippen molar-refractivity contribution in [3.63, 3.8) is 0 Å². The van der Waals surface area contributed by atoms with Crippen molar-refractivity contribution in [2.24, 2.45) is 0 Å². The van der Waals surface area contributed by atoms with Gasteiger partial charge in [-0.05, 0) is 44.0 Å². The van der Waals surface area contributed by atoms with E-state index in [9.17, 15) is 14.3 Å². The summed E-state index contributed by atoms with van der Waals surface area (Å²) in [5.41, 5.74) is 1.77. The van der Waals surface area contributed by atoms with Gasteiger partial charge >= 0.3 is 0 Å². The van der Waals surface area contributed by atoms with E-state index in [1.807, 2.05) is 6.92 Å². The van der Waals surface area contributed by atoms with Gasteiger partial charge in [0.05, 0.1) is 53.8 Å². The number of hydrogen-bond acceptors (Lipinski definition) is 7. The molecule has 3 N–H and O–H groups in total. The highest BCUT2D eigenvalue weighted by atomic mass is 35.5. The van der Waals surface area contributed by atoms with E-state index in [1.54, 1.807) is 36.7 Å². The third kappa shape index (κ3) is 5.31. The average Bonchev–Trinajstić information content (AvgIpc) is 3.36. The molecule has 198 valence electrons. The van der Waals surface area contributed by atoms with Gasteiger partial charge in [0.25, 0.3) is 0 Å². The molecule has 0 unspecified atom stereocenters. The van der Waals surface area contributed by atoms with Crippen LogP contribution in [-0.4, -0.2) is 52.8 Å². The van der Waals surface area contributed by atoms with Crippen LogP contribution in [0.5, 0.6) is 17.2 Å². The number of rotatable bonds is 9. The molecule has 0 spiro atoms. The average molecular weight is 540 g/mol. The lowest BCUT2D eigenvalue weighted by Crippen LogP contribution is -2.36. The molecule has 1 saturated heterocycles. The number of hydrogen-bond donors (Lipinski definition) is 3. The Morgan fingerprint density at radius 3 is 2.79 bits per heavy atom. The quantitative estimate of drug-likeness (QED) is 0.233. The number of aromatic nitrogens is 2. The van der Waals surface area contributed by atoms with Crippen LogP contribution in [0.3, 0.4) is 0 Å². The van der Waals surface area contributed by atoms with Gasteiger partial charge in [0, 0.05) is 23.9 Å². The first-order valence-corrected chi connectivity index (χ1v) is 12.7. The number of benzene rings is 2. The maximum atomic E-state index is 14.0. The minimum atomic E-state index is -0.504. The van der Waals surface area contributed by atoms with E-state index in [0.29, 0.717) is 53.4 Å². The number of H-pyrrole nitrogens is 1. The number of pyridine rings is 1. The molecule has 8 nitrogen and oxygen atoms in total. The number of ketones is 1. The second kappa shape index (κ2) is 11.4. The van der Waals surface area contributed by atoms with E-state index in [4.69, 9.17) is 25.8 Å². The van der Waals surface area contributed by atoms with Gasteiger partial charge in [0.15, 0.2) is 23.1 Å². The van der Waals surface area contributed by atoms with Crippen LogP contribution in [0.25, 0.3) is 11.0 Å². The molecule has 0 aliphatic carbocycles. The lowest BCUT2D eigenvalue weighted by Gasteiger charge is -2.30. The molecule has 38 heavy (non-hydrogen) atoms. The van der Waals surface area contributed by atoms with E-state index in [2.05, 4.69) is 15.3 Å². The van der Waals surface area contributed by atoms with E-state index in [-0.39, 0.29) is 40.9 Å². The molecule has 1 fully saturated rings. The summed E-state index contributed by atoms with van der Waals surface area (Å²) in [4.78, 5) is 21.2. The molecule has 0 saturated carbocycles. The predicted molar refractivity (Wildman–Crippen MR) is 142 cm³/mol. The minimum absolute atomic E-state index is 0.0161. The van der Waals surface area contributed by atoms with Crippen LogP contribution in [0.1, 0.15) is 35.7 Å². The van der Waals surface area contributed by atoms with Crippen molar-refractivity contribution in [1.82, 2.24) is 9.97 Å². The highest BCUT2D eigenvalue weighted by Crippen LogP contribution is 2.37. The maximum Gasteiger partial charge on any atom is 0.196 e. The molecule has 0 radical (unpaired) electrons. The predicted octanol–water partition coefficient (Wildman–Crippen LogP) is 5.73. The highest BCUT2D eigenvalue weighted by molar-refractivity contribution is 6.36. The summed E-state index contributed by atoms with van der Waals surface area (Å²) in [6.45, 7) is 2.68. The first-order valence-electron chi connectivity index (χ1n) is 12.4. The van der Waals surface area contributed by atoms with Crippen molar-refractivity contribution in [2.75, 3.05) is 25.1 Å². The Morgan fingerprint density at radius 1 is 1.24 bits per heavy atom. The Kier molecular flexibility index (Phi) is 7.78. The zero-order valence-corrected chi connectivity index (χ0v) is 21.4. The fraction of sp³-hybridized carbons (Fsp3) is 0.286. The monoisotopic (exact) mass is 539 g/mol. The van der Waals surface area contributed by atoms with E-state index in [1.165, 1.54) is 18.2 Å². The molecule has 4 aromatic rings. The van der Waals surface area contributed by atoms with Crippen molar-refractivity contribution in [3.8, 4) is 17.2 Å². The molecule has 10 heteroatoms. The van der Waals surface area contributed by atoms with Crippen LogP contribution in [0.4, 0.5) is 10.1 Å². The third-order valence-corrected chi connectivity index (χ3v) is 6.70. The smallest absolute Gasteiger partial charge is 0.196 e. The molecule has 1 aliphatic rings. The number of nitrogens with zero attached hydrogens (tertiary/aromatic N) is 1. The molecule has 3 heterocycles. The van der Waals surface area contributed by atoms with Crippen molar-refractivity contribution < 1.29 is 28.5 Å². The lowest BCUT2D eigenvalue weighted by molar-refractivity contribution is -0.0223. The zero-order chi connectivity index (χ0) is 26.6. The van der Waals surface area contributed by atoms with Gasteiger partial charge < -0.3 is 29.6 Å². The Bertz CT molecular complexity index is 1450. The van der Waals surface area contributed by atoms with Crippen molar-refractivity contribution in [3.05, 3.63) is 76.8 Å². The number of nitrogens with one attached hydrogen (secondary N) is 2. The van der Waals surface area contributed by atoms with Gasteiger partial charge in [-0.15, -0.1) is 0 Å². The van der Waals surface area contributed by atoms with Crippen molar-refractivity contribution in [2.45, 2.75) is 31.9 Å². The fourth-order valence-electron chi connectivity index (χ4n) is 4.48. The molecular weight excluding hydrogens is 513 g/mol. The van der Waals surface area contributed by atoms with Gasteiger partial charge in [0.1, 0.15) is 11.4 Å². The number of carbonyl (C=O) groups excluding carboxylic acids is 1. The van der Waals surface area contributed by atoms with Crippen LogP contribution in [0, 0.1) is 5.82 Å². The largest absolute Gasteiger partial charge is 0.490 e. The first kappa shape index (κ1) is 26.0. The lowest BCUT2D eigenvalue weighted by atomic mass is 10.0. The number of ether oxygens (including phenoxy) is 3. The van der Waals surface area contributed by atoms with E-state index < -0.39 is 5.82 Å². The Morgan fingerprint density at radius 2 is 2.08 bits per heavy atom. The molecule has 0 amide bonds. The number of aromatic amines is 1. The summed E-state index contributed by atoms with van der Waals surface area (Å²) < 4.78 is 31.2. The highest BCUT2D eigenvalue weighted by Gasteiger charge is 2.26. The summed E-state index contributed by atoms with van der Waals surface area (Å²) >= 11 is 6.50. The number of aliphatic hydroxyl groups excluding tert-OH is 1. The molecule has 2 aromatic carbocycles. The number of carbonyl (C=O) groups is 1. The van der Waals surface area contributed by atoms with Crippen LogP contribution >= 0.6 is 11.6 Å². The number of para-hydroxylation sites is 1. The number of anilines is 1. The summed E-state index contributed by atoms with van der Waals surface area (Å²) in [6.07, 6.45) is 4.53. The normalized spacial score (nSPS) is 17.4. The van der Waals surface area contributed by atoms with Crippen LogP contribution < -0.4 is 14.8 Å². The minimum Gasteiger partial charge on any atom is -0.490 e. The second-order valence-corrected chi connectivity index (χ2v) is 9.32. The maximum absolute atomic E-state index is 14.0. The summed E-state index contributed by atoms with van der Waals surface area (Å²) in [6, 6.07) is 10.6. The van der Waals surface area contributed by atoms with Crippen LogP contribution in [0.15, 0.2) is 54.9 Å². The van der Waals surface area contributed by atoms with Gasteiger partial charge in [0.2, 0.25) is 0 Å². The number of aliphatic hydroxyl groups is 1. The number of halogens is 2. The van der Waals surface area contributed by atoms with Gasteiger partial charge in [-0.3, -0.25) is 4.79 Å². The van der Waals surface area contributed by atoms with E-state index in [0.717, 1.165) is 6.42 Å². The van der Waals surface area contributed by atoms with Crippen molar-refractivity contribution in [1.29, 1.82) is 0 Å². The molecular formula is C28H27ClFN3O5. The Labute approximate surface area is 223 Å². The summed E-state index contributed by atoms with van der Waals surface area (Å²) in [5, 5.41) is 13.6. The van der Waals surface area contributed by atoms with Crippen LogP contribution in [-0.2, 0) is 4.74 Å². The van der Waals surface area contributed by atoms with E-state index >= 15 is 0 Å². The summed E-state index contributed by atoms with van der Waals surface area (Å²) in [7, 11) is 0. The Hall–Kier alpha value is -3.66. The van der Waals surface area contributed by atoms with Gasteiger partial charge in [-0.25, -0.2) is 9.37 Å². The molecule has 0 bridgehead atoms. The SMILES string of the molecule is CCOc1cnc2[nH]cc(C(=O)c3ccc(Oc4ccccc4F)cc3Cl)c2c1N[C@@H]1CC[C@@H](CO)OC1. The first-order chi connectivity index (χ1) is 18.5. The molecule has 2 aromatic heterocycles. The molecule has 2 atom stereocenters. The molecule has 5 rings (SSSR count). The van der Waals surface area contributed by atoms with Crippen LogP contribution in [0.2, 0.25) is 5.02 Å². The fourth-order valence-corrected chi connectivity index (χ4v) is 4.73. The van der Waals surface area contributed by atoms with Gasteiger partial charge in [-0.2, -0.15) is 0 Å². The van der Waals surface area contributed by atoms with Crippen molar-refractivity contribution >= 4 is 34.1 Å². The summed E-state index contributed by atoms with van der Waals surface area (Å²) in [5.74, 6) is 0.0452. The zero-order valence-electron chi connectivity index (χ0n) is 20.7. The topological polar surface area (TPSA) is 106 Å². The Balaban J connectivity index is 1.47. The number of fused-ring (bicyclic) bond motifs is 1. The standard InChI is InChI=1S/C28H27ClFN3O5/c1-2-36-24-13-32-28-25(26(24)33-16-7-8-18(14-34)37-15-16)20(12-31-28)27(35)19-10-9-17(11-21(19)29)38-23-6-4-3-5-22(23)30/h3-6,9-13,16,18,34H,2,7-8,14-15H2,1H3,(H2,31,32,33)/t16-,18+/m1/s1. The molecule has 1 aliphatic heterocycles.